The van der Waals surface area contributed by atoms with Crippen molar-refractivity contribution in [1.82, 2.24) is 4.90 Å². The summed E-state index contributed by atoms with van der Waals surface area (Å²) in [5, 5.41) is 1.41. The van der Waals surface area contributed by atoms with E-state index in [2.05, 4.69) is 11.9 Å². The summed E-state index contributed by atoms with van der Waals surface area (Å²) in [5.41, 5.74) is 1.80. The van der Waals surface area contributed by atoms with Crippen LogP contribution in [0, 0.1) is 0 Å². The van der Waals surface area contributed by atoms with Crippen molar-refractivity contribution in [3.8, 4) is 0 Å². The van der Waals surface area contributed by atoms with Crippen LogP contribution in [0.1, 0.15) is 18.9 Å². The lowest BCUT2D eigenvalue weighted by molar-refractivity contribution is -0.122. The van der Waals surface area contributed by atoms with Crippen LogP contribution in [0.2, 0.25) is 5.02 Å². The number of halogens is 1. The molecule has 0 aliphatic carbocycles. The molecule has 1 amide bonds. The lowest BCUT2D eigenvalue weighted by Gasteiger charge is -2.13. The summed E-state index contributed by atoms with van der Waals surface area (Å²) in [6, 6.07) is 17.1. The molecule has 1 saturated heterocycles. The molecule has 0 bridgehead atoms. The highest BCUT2D eigenvalue weighted by Gasteiger charge is 2.32. The molecule has 2 aromatic rings. The largest absolute Gasteiger partial charge is 0.286 e. The number of hydrogen-bond acceptors (Lipinski definition) is 3. The molecule has 3 nitrogen and oxygen atoms in total. The van der Waals surface area contributed by atoms with E-state index in [1.54, 1.807) is 4.90 Å². The Balaban J connectivity index is 1.92. The molecule has 0 atom stereocenters. The summed E-state index contributed by atoms with van der Waals surface area (Å²) in [6.07, 6.45) is 2.77. The van der Waals surface area contributed by atoms with Gasteiger partial charge in [-0.15, -0.1) is 0 Å². The minimum Gasteiger partial charge on any atom is -0.286 e. The zero-order valence-electron chi connectivity index (χ0n) is 13.3. The van der Waals surface area contributed by atoms with Gasteiger partial charge in [-0.3, -0.25) is 9.69 Å². The first-order chi connectivity index (χ1) is 11.7. The first-order valence-corrected chi connectivity index (χ1v) is 8.97. The van der Waals surface area contributed by atoms with Crippen molar-refractivity contribution in [2.75, 3.05) is 6.54 Å². The molecule has 3 rings (SSSR count). The number of amidine groups is 1. The molecule has 5 heteroatoms. The fraction of sp³-hybridized carbons (Fsp3) is 0.158. The Labute approximate surface area is 151 Å². The lowest BCUT2D eigenvalue weighted by Crippen LogP contribution is -2.29. The van der Waals surface area contributed by atoms with Gasteiger partial charge in [0.05, 0.1) is 10.6 Å². The van der Waals surface area contributed by atoms with Gasteiger partial charge in [-0.2, -0.15) is 0 Å². The van der Waals surface area contributed by atoms with E-state index in [1.165, 1.54) is 11.8 Å². The van der Waals surface area contributed by atoms with Crippen LogP contribution in [-0.4, -0.2) is 22.5 Å². The highest BCUT2D eigenvalue weighted by atomic mass is 35.5. The molecule has 24 heavy (non-hydrogen) atoms. The van der Waals surface area contributed by atoms with E-state index >= 15 is 0 Å². The van der Waals surface area contributed by atoms with Gasteiger partial charge in [0.25, 0.3) is 5.91 Å². The number of nitrogens with zero attached hydrogens (tertiary/aromatic N) is 2. The van der Waals surface area contributed by atoms with Gasteiger partial charge in [-0.25, -0.2) is 4.99 Å². The number of benzene rings is 2. The van der Waals surface area contributed by atoms with Crippen molar-refractivity contribution in [3.05, 3.63) is 70.1 Å². The van der Waals surface area contributed by atoms with E-state index in [4.69, 9.17) is 11.6 Å². The van der Waals surface area contributed by atoms with Crippen LogP contribution in [0.3, 0.4) is 0 Å². The Morgan fingerprint density at radius 2 is 1.83 bits per heavy atom. The van der Waals surface area contributed by atoms with Crippen LogP contribution < -0.4 is 0 Å². The summed E-state index contributed by atoms with van der Waals surface area (Å²) in [7, 11) is 0. The number of hydrogen-bond donors (Lipinski definition) is 0. The minimum atomic E-state index is 0.00600. The zero-order valence-corrected chi connectivity index (χ0v) is 14.8. The standard InChI is InChI=1S/C19H17ClN2OS/c1-2-12-22-18(23)17(13-14-8-10-15(20)11-9-14)24-19(22)21-16-6-4-3-5-7-16/h3-11,13H,2,12H2,1H3/b17-13+,21-19?. The molecule has 0 spiro atoms. The predicted molar refractivity (Wildman–Crippen MR) is 103 cm³/mol. The van der Waals surface area contributed by atoms with Crippen molar-refractivity contribution >= 4 is 46.2 Å². The second-order valence-electron chi connectivity index (χ2n) is 5.35. The van der Waals surface area contributed by atoms with Crippen molar-refractivity contribution in [1.29, 1.82) is 0 Å². The Kier molecular flexibility index (Phi) is 5.38. The maximum atomic E-state index is 12.7. The van der Waals surface area contributed by atoms with Gasteiger partial charge < -0.3 is 0 Å². The predicted octanol–water partition coefficient (Wildman–Crippen LogP) is 5.35. The number of rotatable bonds is 4. The van der Waals surface area contributed by atoms with Gasteiger partial charge in [0.15, 0.2) is 5.17 Å². The minimum absolute atomic E-state index is 0.00600. The molecule has 1 aliphatic heterocycles. The summed E-state index contributed by atoms with van der Waals surface area (Å²) in [4.78, 5) is 19.8. The van der Waals surface area contributed by atoms with Crippen LogP contribution in [0.25, 0.3) is 6.08 Å². The molecule has 1 heterocycles. The van der Waals surface area contributed by atoms with Crippen molar-refractivity contribution < 1.29 is 4.79 Å². The maximum absolute atomic E-state index is 12.7. The number of carbonyl (C=O) groups excluding carboxylic acids is 1. The van der Waals surface area contributed by atoms with E-state index in [-0.39, 0.29) is 5.91 Å². The van der Waals surface area contributed by atoms with Gasteiger partial charge in [0, 0.05) is 11.6 Å². The van der Waals surface area contributed by atoms with Gasteiger partial charge >= 0.3 is 0 Å². The summed E-state index contributed by atoms with van der Waals surface area (Å²) in [6.45, 7) is 2.72. The van der Waals surface area contributed by atoms with E-state index in [1.807, 2.05) is 60.7 Å². The van der Waals surface area contributed by atoms with Crippen LogP contribution in [0.5, 0.6) is 0 Å². The van der Waals surface area contributed by atoms with Crippen molar-refractivity contribution in [3.63, 3.8) is 0 Å². The monoisotopic (exact) mass is 356 g/mol. The normalized spacial score (nSPS) is 17.9. The Morgan fingerprint density at radius 1 is 1.12 bits per heavy atom. The van der Waals surface area contributed by atoms with Crippen molar-refractivity contribution in [2.45, 2.75) is 13.3 Å². The number of amides is 1. The molecule has 1 aliphatic rings. The molecule has 0 unspecified atom stereocenters. The Hall–Kier alpha value is -2.04. The third-order valence-electron chi connectivity index (χ3n) is 3.48. The molecular formula is C19H17ClN2OS. The number of thioether (sulfide) groups is 1. The first kappa shape index (κ1) is 16.8. The zero-order chi connectivity index (χ0) is 16.9. The third-order valence-corrected chi connectivity index (χ3v) is 4.74. The van der Waals surface area contributed by atoms with Crippen LogP contribution in [-0.2, 0) is 4.79 Å². The summed E-state index contributed by atoms with van der Waals surface area (Å²) >= 11 is 7.33. The molecule has 2 aromatic carbocycles. The lowest BCUT2D eigenvalue weighted by atomic mass is 10.2. The number of para-hydroxylation sites is 1. The Bertz CT molecular complexity index is 785. The number of aliphatic imine (C=N–C) groups is 1. The van der Waals surface area contributed by atoms with Crippen LogP contribution in [0.15, 0.2) is 64.5 Å². The SMILES string of the molecule is CCCN1C(=O)/C(=C\c2ccc(Cl)cc2)SC1=Nc1ccccc1. The fourth-order valence-electron chi connectivity index (χ4n) is 2.34. The summed E-state index contributed by atoms with van der Waals surface area (Å²) < 4.78 is 0. The van der Waals surface area contributed by atoms with Gasteiger partial charge in [0.2, 0.25) is 0 Å². The second-order valence-corrected chi connectivity index (χ2v) is 6.79. The molecule has 0 aromatic heterocycles. The molecule has 1 fully saturated rings. The second kappa shape index (κ2) is 7.69. The van der Waals surface area contributed by atoms with E-state index in [0.29, 0.717) is 16.5 Å². The highest BCUT2D eigenvalue weighted by molar-refractivity contribution is 8.18. The van der Waals surface area contributed by atoms with Gasteiger partial charge in [-0.05, 0) is 54.1 Å². The van der Waals surface area contributed by atoms with E-state index in [9.17, 15) is 4.79 Å². The number of carbonyl (C=O) groups is 1. The van der Waals surface area contributed by atoms with Gasteiger partial charge in [-0.1, -0.05) is 48.9 Å². The average molecular weight is 357 g/mol. The van der Waals surface area contributed by atoms with E-state index in [0.717, 1.165) is 22.8 Å². The Morgan fingerprint density at radius 3 is 2.50 bits per heavy atom. The van der Waals surface area contributed by atoms with Crippen LogP contribution in [0.4, 0.5) is 5.69 Å². The quantitative estimate of drug-likeness (QED) is 0.691. The van der Waals surface area contributed by atoms with E-state index < -0.39 is 0 Å². The highest BCUT2D eigenvalue weighted by Crippen LogP contribution is 2.34. The molecule has 122 valence electrons. The molecular weight excluding hydrogens is 340 g/mol. The first-order valence-electron chi connectivity index (χ1n) is 7.78. The van der Waals surface area contributed by atoms with Crippen LogP contribution >= 0.6 is 23.4 Å². The summed E-state index contributed by atoms with van der Waals surface area (Å²) in [5.74, 6) is 0.00600. The third kappa shape index (κ3) is 3.89. The molecule has 0 radical (unpaired) electrons. The topological polar surface area (TPSA) is 32.7 Å². The van der Waals surface area contributed by atoms with Crippen molar-refractivity contribution in [2.24, 2.45) is 4.99 Å². The molecule has 0 saturated carbocycles. The smallest absolute Gasteiger partial charge is 0.266 e. The molecule has 0 N–H and O–H groups in total. The maximum Gasteiger partial charge on any atom is 0.266 e. The average Bonchev–Trinajstić information content (AvgIpc) is 2.87. The fourth-order valence-corrected chi connectivity index (χ4v) is 3.49. The van der Waals surface area contributed by atoms with Gasteiger partial charge in [0.1, 0.15) is 0 Å².